The molecule has 0 bridgehead atoms. The van der Waals surface area contributed by atoms with Crippen LogP contribution in [0, 0.1) is 0 Å². The number of thiophene rings is 1. The van der Waals surface area contributed by atoms with Crippen molar-refractivity contribution in [3.05, 3.63) is 83.9 Å². The number of hydrogen-bond acceptors (Lipinski definition) is 5. The molecule has 7 heteroatoms. The van der Waals surface area contributed by atoms with Crippen LogP contribution < -0.4 is 10.1 Å². The summed E-state index contributed by atoms with van der Waals surface area (Å²) < 4.78 is 6.89. The van der Waals surface area contributed by atoms with E-state index < -0.39 is 6.04 Å². The first kappa shape index (κ1) is 20.2. The largest absolute Gasteiger partial charge is 0.495 e. The van der Waals surface area contributed by atoms with Crippen molar-refractivity contribution in [2.45, 2.75) is 6.04 Å². The predicted molar refractivity (Wildman–Crippen MR) is 127 cm³/mol. The highest BCUT2D eigenvalue weighted by Crippen LogP contribution is 2.40. The molecule has 0 aliphatic carbocycles. The Morgan fingerprint density at radius 2 is 1.91 bits per heavy atom. The van der Waals surface area contributed by atoms with Gasteiger partial charge in [-0.2, -0.15) is 5.10 Å². The summed E-state index contributed by atoms with van der Waals surface area (Å²) in [5.41, 5.74) is 2.75. The van der Waals surface area contributed by atoms with Crippen molar-refractivity contribution in [1.82, 2.24) is 15.5 Å². The van der Waals surface area contributed by atoms with Crippen LogP contribution in [0.2, 0.25) is 0 Å². The molecule has 32 heavy (non-hydrogen) atoms. The number of carbonyl (C=O) groups excluding carboxylic acids is 1. The molecular weight excluding hydrogens is 422 g/mol. The summed E-state index contributed by atoms with van der Waals surface area (Å²) in [6.07, 6.45) is 0. The number of H-pyrrole nitrogens is 1. The van der Waals surface area contributed by atoms with E-state index in [1.807, 2.05) is 42.5 Å². The number of nitrogens with zero attached hydrogens (tertiary/aromatic N) is 1. The lowest BCUT2D eigenvalue weighted by Crippen LogP contribution is -2.31. The number of amides is 1. The Hall–Kier alpha value is -3.68. The lowest BCUT2D eigenvalue weighted by molar-refractivity contribution is 0.0913. The third-order valence-electron chi connectivity index (χ3n) is 5.48. The number of benzene rings is 3. The van der Waals surface area contributed by atoms with Gasteiger partial charge in [-0.3, -0.25) is 9.89 Å². The van der Waals surface area contributed by atoms with E-state index in [0.717, 1.165) is 26.9 Å². The summed E-state index contributed by atoms with van der Waals surface area (Å²) in [4.78, 5) is 14.2. The summed E-state index contributed by atoms with van der Waals surface area (Å²) in [7, 11) is 1.55. The Labute approximate surface area is 188 Å². The normalized spacial score (nSPS) is 12.2. The maximum atomic E-state index is 13.2. The number of aliphatic hydroxyl groups is 1. The van der Waals surface area contributed by atoms with Crippen molar-refractivity contribution in [1.29, 1.82) is 0 Å². The van der Waals surface area contributed by atoms with Crippen LogP contribution in [0.4, 0.5) is 0 Å². The van der Waals surface area contributed by atoms with Gasteiger partial charge in [-0.1, -0.05) is 48.5 Å². The van der Waals surface area contributed by atoms with Gasteiger partial charge in [0.05, 0.1) is 46.8 Å². The standard InChI is InChI=1S/C25H21N3O3S/c1-31-24-17(25(30)26-19(14-29)15-7-3-2-4-8-15)11-12-18-22(24)23(28-27-18)21-13-16-9-5-6-10-20(16)32-21/h2-13,19,29H,14H2,1H3,(H,26,30)(H,27,28). The molecule has 6 nitrogen and oxygen atoms in total. The molecule has 0 saturated carbocycles. The maximum Gasteiger partial charge on any atom is 0.255 e. The Morgan fingerprint density at radius 1 is 1.12 bits per heavy atom. The van der Waals surface area contributed by atoms with Gasteiger partial charge in [-0.05, 0) is 35.2 Å². The number of aromatic amines is 1. The van der Waals surface area contributed by atoms with Gasteiger partial charge in [0.15, 0.2) is 0 Å². The van der Waals surface area contributed by atoms with Crippen LogP contribution in [0.25, 0.3) is 31.6 Å². The van der Waals surface area contributed by atoms with Gasteiger partial charge in [0.1, 0.15) is 5.75 Å². The van der Waals surface area contributed by atoms with Crippen molar-refractivity contribution >= 4 is 38.2 Å². The molecule has 5 aromatic rings. The number of rotatable bonds is 6. The molecule has 1 amide bonds. The van der Waals surface area contributed by atoms with Gasteiger partial charge in [0.2, 0.25) is 0 Å². The molecule has 0 saturated heterocycles. The maximum absolute atomic E-state index is 13.2. The molecule has 2 heterocycles. The summed E-state index contributed by atoms with van der Waals surface area (Å²) in [6, 6.07) is 22.7. The fraction of sp³-hybridized carbons (Fsp3) is 0.120. The van der Waals surface area contributed by atoms with E-state index in [4.69, 9.17) is 4.74 Å². The lowest BCUT2D eigenvalue weighted by atomic mass is 10.0. The molecule has 1 atom stereocenters. The van der Waals surface area contributed by atoms with Gasteiger partial charge in [-0.25, -0.2) is 0 Å². The molecule has 1 unspecified atom stereocenters. The van der Waals surface area contributed by atoms with E-state index >= 15 is 0 Å². The second-order valence-corrected chi connectivity index (χ2v) is 8.49. The average molecular weight is 444 g/mol. The predicted octanol–water partition coefficient (Wildman–Crippen LogP) is 4.92. The number of carbonyl (C=O) groups is 1. The lowest BCUT2D eigenvalue weighted by Gasteiger charge is -2.18. The number of fused-ring (bicyclic) bond motifs is 2. The third-order valence-corrected chi connectivity index (χ3v) is 6.62. The Kier molecular flexibility index (Phi) is 5.34. The summed E-state index contributed by atoms with van der Waals surface area (Å²) in [5.74, 6) is 0.126. The number of aromatic nitrogens is 2. The molecule has 2 aromatic heterocycles. The number of aliphatic hydroxyl groups excluding tert-OH is 1. The van der Waals surface area contributed by atoms with Crippen LogP contribution in [-0.2, 0) is 0 Å². The van der Waals surface area contributed by atoms with Crippen LogP contribution in [0.5, 0.6) is 5.75 Å². The van der Waals surface area contributed by atoms with Gasteiger partial charge >= 0.3 is 0 Å². The summed E-state index contributed by atoms with van der Waals surface area (Å²) in [6.45, 7) is -0.209. The van der Waals surface area contributed by atoms with Gasteiger partial charge < -0.3 is 15.2 Å². The number of nitrogens with one attached hydrogen (secondary N) is 2. The smallest absolute Gasteiger partial charge is 0.255 e. The van der Waals surface area contributed by atoms with Gasteiger partial charge in [-0.15, -0.1) is 11.3 Å². The van der Waals surface area contributed by atoms with Gasteiger partial charge in [0.25, 0.3) is 5.91 Å². The van der Waals surface area contributed by atoms with Crippen LogP contribution in [0.3, 0.4) is 0 Å². The van der Waals surface area contributed by atoms with E-state index in [0.29, 0.717) is 16.8 Å². The van der Waals surface area contributed by atoms with Crippen molar-refractivity contribution in [3.63, 3.8) is 0 Å². The minimum Gasteiger partial charge on any atom is -0.495 e. The molecule has 0 radical (unpaired) electrons. The van der Waals surface area contributed by atoms with Crippen molar-refractivity contribution in [3.8, 4) is 16.3 Å². The fourth-order valence-corrected chi connectivity index (χ4v) is 4.97. The zero-order chi connectivity index (χ0) is 22.1. The van der Waals surface area contributed by atoms with Crippen molar-refractivity contribution < 1.29 is 14.6 Å². The molecule has 0 spiro atoms. The monoisotopic (exact) mass is 443 g/mol. The van der Waals surface area contributed by atoms with E-state index in [1.165, 1.54) is 4.70 Å². The quantitative estimate of drug-likeness (QED) is 0.348. The average Bonchev–Trinajstić information content (AvgIpc) is 3.46. The highest BCUT2D eigenvalue weighted by atomic mass is 32.1. The van der Waals surface area contributed by atoms with E-state index in [1.54, 1.807) is 30.6 Å². The number of methoxy groups -OCH3 is 1. The van der Waals surface area contributed by atoms with E-state index in [-0.39, 0.29) is 12.5 Å². The highest BCUT2D eigenvalue weighted by molar-refractivity contribution is 7.22. The Morgan fingerprint density at radius 3 is 2.66 bits per heavy atom. The molecule has 0 aliphatic rings. The van der Waals surface area contributed by atoms with Crippen LogP contribution >= 0.6 is 11.3 Å². The zero-order valence-corrected chi connectivity index (χ0v) is 18.1. The van der Waals surface area contributed by atoms with Gasteiger partial charge in [0, 0.05) is 4.70 Å². The first-order valence-corrected chi connectivity index (χ1v) is 11.0. The van der Waals surface area contributed by atoms with Crippen LogP contribution in [-0.4, -0.2) is 34.9 Å². The molecule has 0 aliphatic heterocycles. The minimum atomic E-state index is -0.518. The first-order chi connectivity index (χ1) is 15.7. The molecule has 5 rings (SSSR count). The molecule has 3 aromatic carbocycles. The van der Waals surface area contributed by atoms with Crippen LogP contribution in [0.1, 0.15) is 22.0 Å². The molecular formula is C25H21N3O3S. The van der Waals surface area contributed by atoms with Crippen molar-refractivity contribution in [2.75, 3.05) is 13.7 Å². The molecule has 160 valence electrons. The molecule has 0 fully saturated rings. The Balaban J connectivity index is 1.57. The van der Waals surface area contributed by atoms with Crippen LogP contribution in [0.15, 0.2) is 72.8 Å². The van der Waals surface area contributed by atoms with E-state index in [2.05, 4.69) is 33.7 Å². The second-order valence-electron chi connectivity index (χ2n) is 7.41. The van der Waals surface area contributed by atoms with Crippen molar-refractivity contribution in [2.24, 2.45) is 0 Å². The zero-order valence-electron chi connectivity index (χ0n) is 17.3. The fourth-order valence-electron chi connectivity index (χ4n) is 3.91. The minimum absolute atomic E-state index is 0.209. The topological polar surface area (TPSA) is 87.2 Å². The first-order valence-electron chi connectivity index (χ1n) is 10.2. The summed E-state index contributed by atoms with van der Waals surface area (Å²) in [5, 5.41) is 22.2. The second kappa shape index (κ2) is 8.45. The molecule has 3 N–H and O–H groups in total. The third kappa shape index (κ3) is 3.51. The number of hydrogen-bond donors (Lipinski definition) is 3. The number of ether oxygens (including phenoxy) is 1. The Bertz CT molecular complexity index is 1380. The SMILES string of the molecule is COc1c(C(=O)NC(CO)c2ccccc2)ccc2n[nH]c(-c3cc4ccccc4s3)c12. The summed E-state index contributed by atoms with van der Waals surface area (Å²) >= 11 is 1.65. The highest BCUT2D eigenvalue weighted by Gasteiger charge is 2.23. The van der Waals surface area contributed by atoms with E-state index in [9.17, 15) is 9.90 Å².